The molecule has 0 fully saturated rings. The first-order chi connectivity index (χ1) is 8.09. The van der Waals surface area contributed by atoms with Gasteiger partial charge in [0.1, 0.15) is 11.6 Å². The highest BCUT2D eigenvalue weighted by Gasteiger charge is 2.18. The van der Waals surface area contributed by atoms with E-state index in [1.165, 1.54) is 30.5 Å². The molecule has 1 atom stereocenters. The maximum absolute atomic E-state index is 13.5. The fraction of sp³-hybridized carbons (Fsp3) is 0.167. The molecule has 1 aromatic carbocycles. The van der Waals surface area contributed by atoms with Crippen molar-refractivity contribution in [3.8, 4) is 0 Å². The van der Waals surface area contributed by atoms with Crippen molar-refractivity contribution in [1.29, 1.82) is 0 Å². The van der Waals surface area contributed by atoms with Crippen LogP contribution >= 0.6 is 0 Å². The molecule has 5 heteroatoms. The van der Waals surface area contributed by atoms with E-state index in [1.54, 1.807) is 6.92 Å². The number of benzene rings is 1. The van der Waals surface area contributed by atoms with E-state index in [0.29, 0.717) is 5.69 Å². The Morgan fingerprint density at radius 1 is 1.24 bits per heavy atom. The summed E-state index contributed by atoms with van der Waals surface area (Å²) in [5, 5.41) is 0. The molecule has 1 unspecified atom stereocenters. The van der Waals surface area contributed by atoms with E-state index in [4.69, 9.17) is 0 Å². The van der Waals surface area contributed by atoms with Crippen molar-refractivity contribution in [3.63, 3.8) is 0 Å². The number of hydrogen-bond donors (Lipinski definition) is 1. The van der Waals surface area contributed by atoms with Crippen LogP contribution in [0, 0.1) is 11.6 Å². The van der Waals surface area contributed by atoms with Crippen LogP contribution in [0.25, 0.3) is 0 Å². The zero-order valence-corrected chi connectivity index (χ0v) is 9.08. The highest BCUT2D eigenvalue weighted by atomic mass is 19.1. The summed E-state index contributed by atoms with van der Waals surface area (Å²) in [6.07, 6.45) is 1.31. The number of nitrogens with one attached hydrogen (secondary N) is 1. The van der Waals surface area contributed by atoms with Gasteiger partial charge in [-0.2, -0.15) is 0 Å². The number of halogens is 2. The molecule has 2 aromatic rings. The zero-order chi connectivity index (χ0) is 12.4. The SMILES string of the molecule is CC(c1ccnc(=O)[nH]1)c1c(F)cccc1F. The largest absolute Gasteiger partial charge is 0.345 e. The molecule has 0 bridgehead atoms. The van der Waals surface area contributed by atoms with Crippen molar-refractivity contribution >= 4 is 0 Å². The fourth-order valence-electron chi connectivity index (χ4n) is 1.72. The van der Waals surface area contributed by atoms with Crippen molar-refractivity contribution in [1.82, 2.24) is 9.97 Å². The van der Waals surface area contributed by atoms with Crippen molar-refractivity contribution in [2.75, 3.05) is 0 Å². The molecule has 2 rings (SSSR count). The minimum Gasteiger partial charge on any atom is -0.309 e. The van der Waals surface area contributed by atoms with Crippen molar-refractivity contribution in [2.24, 2.45) is 0 Å². The molecule has 0 saturated heterocycles. The molecule has 1 heterocycles. The minimum atomic E-state index is -0.629. The molecule has 0 amide bonds. The molecule has 0 aliphatic rings. The molecule has 0 aliphatic heterocycles. The highest BCUT2D eigenvalue weighted by molar-refractivity contribution is 5.29. The molecule has 3 nitrogen and oxygen atoms in total. The third-order valence-electron chi connectivity index (χ3n) is 2.60. The summed E-state index contributed by atoms with van der Waals surface area (Å²) >= 11 is 0. The summed E-state index contributed by atoms with van der Waals surface area (Å²) in [4.78, 5) is 17.0. The Labute approximate surface area is 96.2 Å². The second kappa shape index (κ2) is 4.45. The molecule has 88 valence electrons. The number of H-pyrrole nitrogens is 1. The Kier molecular flexibility index (Phi) is 2.99. The second-order valence-corrected chi connectivity index (χ2v) is 3.69. The number of rotatable bonds is 2. The van der Waals surface area contributed by atoms with Crippen LogP contribution in [0.1, 0.15) is 24.1 Å². The molecule has 1 N–H and O–H groups in total. The van der Waals surface area contributed by atoms with Gasteiger partial charge in [0.25, 0.3) is 0 Å². The van der Waals surface area contributed by atoms with E-state index in [0.717, 1.165) is 0 Å². The third-order valence-corrected chi connectivity index (χ3v) is 2.60. The van der Waals surface area contributed by atoms with Gasteiger partial charge in [0, 0.05) is 23.4 Å². The van der Waals surface area contributed by atoms with E-state index in [9.17, 15) is 13.6 Å². The standard InChI is InChI=1S/C12H10F2N2O/c1-7(10-5-6-15-12(17)16-10)11-8(13)3-2-4-9(11)14/h2-7H,1H3,(H,15,16,17). The van der Waals surface area contributed by atoms with Gasteiger partial charge < -0.3 is 4.98 Å². The molecular weight excluding hydrogens is 226 g/mol. The Morgan fingerprint density at radius 2 is 1.88 bits per heavy atom. The van der Waals surface area contributed by atoms with E-state index in [1.807, 2.05) is 0 Å². The van der Waals surface area contributed by atoms with Gasteiger partial charge in [-0.25, -0.2) is 18.6 Å². The molecule has 0 radical (unpaired) electrons. The van der Waals surface area contributed by atoms with Crippen LogP contribution in [0.3, 0.4) is 0 Å². The van der Waals surface area contributed by atoms with Gasteiger partial charge in [0.2, 0.25) is 0 Å². The minimum absolute atomic E-state index is 0.0608. The summed E-state index contributed by atoms with van der Waals surface area (Å²) in [5.41, 5.74) is -0.172. The third kappa shape index (κ3) is 2.22. The monoisotopic (exact) mass is 236 g/mol. The van der Waals surface area contributed by atoms with E-state index in [2.05, 4.69) is 9.97 Å². The van der Waals surface area contributed by atoms with Gasteiger partial charge in [-0.3, -0.25) is 0 Å². The van der Waals surface area contributed by atoms with Crippen molar-refractivity contribution in [3.05, 3.63) is 63.8 Å². The zero-order valence-electron chi connectivity index (χ0n) is 9.08. The van der Waals surface area contributed by atoms with E-state index < -0.39 is 23.2 Å². The van der Waals surface area contributed by atoms with E-state index >= 15 is 0 Å². The van der Waals surface area contributed by atoms with Gasteiger partial charge in [-0.15, -0.1) is 0 Å². The van der Waals surface area contributed by atoms with Crippen LogP contribution in [0.15, 0.2) is 35.3 Å². The van der Waals surface area contributed by atoms with Crippen LogP contribution < -0.4 is 5.69 Å². The fourth-order valence-corrected chi connectivity index (χ4v) is 1.72. The summed E-state index contributed by atoms with van der Waals surface area (Å²) in [6, 6.07) is 5.20. The highest BCUT2D eigenvalue weighted by Crippen LogP contribution is 2.26. The molecule has 0 spiro atoms. The van der Waals surface area contributed by atoms with Gasteiger partial charge in [-0.1, -0.05) is 13.0 Å². The summed E-state index contributed by atoms with van der Waals surface area (Å²) in [5.74, 6) is -1.84. The molecule has 0 aliphatic carbocycles. The van der Waals surface area contributed by atoms with Gasteiger partial charge >= 0.3 is 5.69 Å². The lowest BCUT2D eigenvalue weighted by Crippen LogP contribution is -2.14. The lowest BCUT2D eigenvalue weighted by molar-refractivity contribution is 0.544. The Bertz CT molecular complexity index is 575. The van der Waals surface area contributed by atoms with Gasteiger partial charge in [0.05, 0.1) is 0 Å². The number of hydrogen-bond acceptors (Lipinski definition) is 2. The summed E-state index contributed by atoms with van der Waals surface area (Å²) in [7, 11) is 0. The maximum Gasteiger partial charge on any atom is 0.345 e. The molecule has 0 saturated carbocycles. The lowest BCUT2D eigenvalue weighted by Gasteiger charge is -2.13. The predicted octanol–water partition coefficient (Wildman–Crippen LogP) is 2.20. The first-order valence-electron chi connectivity index (χ1n) is 5.08. The summed E-state index contributed by atoms with van der Waals surface area (Å²) in [6.45, 7) is 1.62. The van der Waals surface area contributed by atoms with Crippen molar-refractivity contribution < 1.29 is 8.78 Å². The molecule has 17 heavy (non-hydrogen) atoms. The Morgan fingerprint density at radius 3 is 2.47 bits per heavy atom. The van der Waals surface area contributed by atoms with Crippen LogP contribution in [-0.4, -0.2) is 9.97 Å². The van der Waals surface area contributed by atoms with E-state index in [-0.39, 0.29) is 5.56 Å². The number of nitrogens with zero attached hydrogens (tertiary/aromatic N) is 1. The maximum atomic E-state index is 13.5. The number of aromatic nitrogens is 2. The van der Waals surface area contributed by atoms with Crippen LogP contribution in [0.4, 0.5) is 8.78 Å². The smallest absolute Gasteiger partial charge is 0.309 e. The second-order valence-electron chi connectivity index (χ2n) is 3.69. The van der Waals surface area contributed by atoms with Gasteiger partial charge in [0.15, 0.2) is 0 Å². The molecular formula is C12H10F2N2O. The Hall–Kier alpha value is -2.04. The normalized spacial score (nSPS) is 12.4. The number of aromatic amines is 1. The van der Waals surface area contributed by atoms with Crippen LogP contribution in [-0.2, 0) is 0 Å². The average molecular weight is 236 g/mol. The first-order valence-corrected chi connectivity index (χ1v) is 5.08. The first kappa shape index (κ1) is 11.4. The molecule has 1 aromatic heterocycles. The van der Waals surface area contributed by atoms with Gasteiger partial charge in [-0.05, 0) is 18.2 Å². The van der Waals surface area contributed by atoms with Crippen molar-refractivity contribution in [2.45, 2.75) is 12.8 Å². The predicted molar refractivity (Wildman–Crippen MR) is 58.7 cm³/mol. The van der Waals surface area contributed by atoms with Crippen LogP contribution in [0.2, 0.25) is 0 Å². The average Bonchev–Trinajstić information content (AvgIpc) is 2.28. The lowest BCUT2D eigenvalue weighted by atomic mass is 9.96. The Balaban J connectivity index is 2.51. The van der Waals surface area contributed by atoms with Crippen LogP contribution in [0.5, 0.6) is 0 Å². The summed E-state index contributed by atoms with van der Waals surface area (Å²) < 4.78 is 27.1. The topological polar surface area (TPSA) is 45.8 Å². The quantitative estimate of drug-likeness (QED) is 0.868.